The maximum Gasteiger partial charge on any atom is 0.274 e. The van der Waals surface area contributed by atoms with Gasteiger partial charge in [0.15, 0.2) is 0 Å². The Balaban J connectivity index is 1.37. The van der Waals surface area contributed by atoms with Crippen LogP contribution in [0.3, 0.4) is 0 Å². The molecule has 0 saturated carbocycles. The molecular formula is C18H18N2O3S2. The van der Waals surface area contributed by atoms with Crippen molar-refractivity contribution in [1.29, 1.82) is 0 Å². The van der Waals surface area contributed by atoms with E-state index in [1.54, 1.807) is 7.11 Å². The highest BCUT2D eigenvalue weighted by atomic mass is 32.1. The first-order valence-corrected chi connectivity index (χ1v) is 9.86. The fourth-order valence-corrected chi connectivity index (χ4v) is 4.54. The number of thiophene rings is 1. The molecule has 0 radical (unpaired) electrons. The number of hydrogen-bond acceptors (Lipinski definition) is 6. The number of ether oxygens (including phenoxy) is 2. The summed E-state index contributed by atoms with van der Waals surface area (Å²) in [7, 11) is 1.66. The molecule has 3 aromatic rings. The van der Waals surface area contributed by atoms with Crippen LogP contribution in [-0.4, -0.2) is 42.1 Å². The zero-order valence-electron chi connectivity index (χ0n) is 13.8. The van der Waals surface area contributed by atoms with Gasteiger partial charge in [-0.15, -0.1) is 11.3 Å². The molecule has 1 fully saturated rings. The maximum atomic E-state index is 12.4. The Morgan fingerprint density at radius 1 is 1.28 bits per heavy atom. The van der Waals surface area contributed by atoms with E-state index < -0.39 is 0 Å². The number of methoxy groups -OCH3 is 1. The summed E-state index contributed by atoms with van der Waals surface area (Å²) in [5.41, 5.74) is 0.922. The molecule has 0 N–H and O–H groups in total. The first kappa shape index (κ1) is 16.4. The zero-order chi connectivity index (χ0) is 17.2. The second-order valence-electron chi connectivity index (χ2n) is 5.90. The van der Waals surface area contributed by atoms with Crippen molar-refractivity contribution in [3.63, 3.8) is 0 Å². The summed E-state index contributed by atoms with van der Waals surface area (Å²) >= 11 is 3.03. The number of piperidine rings is 1. The van der Waals surface area contributed by atoms with E-state index in [1.165, 1.54) is 22.7 Å². The van der Waals surface area contributed by atoms with E-state index in [2.05, 4.69) is 4.98 Å². The number of amides is 1. The first-order valence-electron chi connectivity index (χ1n) is 8.17. The van der Waals surface area contributed by atoms with Crippen molar-refractivity contribution in [2.45, 2.75) is 18.9 Å². The quantitative estimate of drug-likeness (QED) is 0.691. The van der Waals surface area contributed by atoms with Crippen molar-refractivity contribution >= 4 is 38.8 Å². The SMILES string of the molecule is COc1ccc2nc(OC3CCN(C(=O)c4cccs4)CC3)sc2c1. The molecule has 1 saturated heterocycles. The third kappa shape index (κ3) is 3.48. The standard InChI is InChI=1S/C18H18N2O3S2/c1-22-13-4-5-14-16(11-13)25-18(19-14)23-12-6-8-20(9-7-12)17(21)15-3-2-10-24-15/h2-5,10-12H,6-9H2,1H3. The Morgan fingerprint density at radius 3 is 2.84 bits per heavy atom. The van der Waals surface area contributed by atoms with Crippen LogP contribution in [-0.2, 0) is 0 Å². The smallest absolute Gasteiger partial charge is 0.274 e. The van der Waals surface area contributed by atoms with Crippen molar-refractivity contribution in [1.82, 2.24) is 9.88 Å². The van der Waals surface area contributed by atoms with Crippen molar-refractivity contribution in [3.05, 3.63) is 40.6 Å². The minimum atomic E-state index is 0.106. The predicted octanol–water partition coefficient (Wildman–Crippen LogP) is 4.05. The Kier molecular flexibility index (Phi) is 4.59. The molecule has 1 aliphatic heterocycles. The molecule has 0 atom stereocenters. The summed E-state index contributed by atoms with van der Waals surface area (Å²) in [5, 5.41) is 2.62. The van der Waals surface area contributed by atoms with Gasteiger partial charge in [-0.1, -0.05) is 17.4 Å². The molecule has 0 bridgehead atoms. The van der Waals surface area contributed by atoms with Crippen LogP contribution in [0, 0.1) is 0 Å². The Labute approximate surface area is 153 Å². The van der Waals surface area contributed by atoms with Gasteiger partial charge in [-0.3, -0.25) is 4.79 Å². The van der Waals surface area contributed by atoms with Gasteiger partial charge in [0.1, 0.15) is 11.9 Å². The van der Waals surface area contributed by atoms with Gasteiger partial charge in [0.2, 0.25) is 0 Å². The first-order chi connectivity index (χ1) is 12.2. The number of rotatable bonds is 4. The van der Waals surface area contributed by atoms with E-state index in [0.717, 1.165) is 46.8 Å². The van der Waals surface area contributed by atoms with Gasteiger partial charge in [0.05, 0.1) is 22.2 Å². The number of carbonyl (C=O) groups is 1. The molecule has 5 nitrogen and oxygen atoms in total. The molecule has 25 heavy (non-hydrogen) atoms. The molecule has 3 heterocycles. The fraction of sp³-hybridized carbons (Fsp3) is 0.333. The third-order valence-corrected chi connectivity index (χ3v) is 6.07. The van der Waals surface area contributed by atoms with E-state index in [-0.39, 0.29) is 12.0 Å². The molecule has 130 valence electrons. The van der Waals surface area contributed by atoms with Crippen molar-refractivity contribution in [2.24, 2.45) is 0 Å². The molecular weight excluding hydrogens is 356 g/mol. The molecule has 7 heteroatoms. The summed E-state index contributed by atoms with van der Waals surface area (Å²) in [4.78, 5) is 19.6. The number of carbonyl (C=O) groups excluding carboxylic acids is 1. The minimum absolute atomic E-state index is 0.106. The van der Waals surface area contributed by atoms with Crippen LogP contribution < -0.4 is 9.47 Å². The Hall–Kier alpha value is -2.12. The van der Waals surface area contributed by atoms with Crippen LogP contribution in [0.4, 0.5) is 0 Å². The van der Waals surface area contributed by atoms with Crippen LogP contribution in [0.5, 0.6) is 10.9 Å². The molecule has 4 rings (SSSR count). The van der Waals surface area contributed by atoms with Crippen LogP contribution in [0.2, 0.25) is 0 Å². The summed E-state index contributed by atoms with van der Waals surface area (Å²) in [6, 6.07) is 9.61. The number of nitrogens with zero attached hydrogens (tertiary/aromatic N) is 2. The number of fused-ring (bicyclic) bond motifs is 1. The maximum absolute atomic E-state index is 12.4. The number of benzene rings is 1. The molecule has 0 spiro atoms. The summed E-state index contributed by atoms with van der Waals surface area (Å²) < 4.78 is 12.4. The van der Waals surface area contributed by atoms with Gasteiger partial charge >= 0.3 is 0 Å². The third-order valence-electron chi connectivity index (χ3n) is 4.30. The highest BCUT2D eigenvalue weighted by Gasteiger charge is 2.25. The lowest BCUT2D eigenvalue weighted by Crippen LogP contribution is -2.41. The molecule has 1 aromatic carbocycles. The van der Waals surface area contributed by atoms with Gasteiger partial charge < -0.3 is 14.4 Å². The largest absolute Gasteiger partial charge is 0.497 e. The fourth-order valence-electron chi connectivity index (χ4n) is 2.94. The van der Waals surface area contributed by atoms with Gasteiger partial charge in [-0.25, -0.2) is 4.98 Å². The van der Waals surface area contributed by atoms with Crippen molar-refractivity contribution in [3.8, 4) is 10.9 Å². The van der Waals surface area contributed by atoms with E-state index in [1.807, 2.05) is 40.6 Å². The van der Waals surface area contributed by atoms with Crippen LogP contribution in [0.15, 0.2) is 35.7 Å². The number of thiazole rings is 1. The number of aromatic nitrogens is 1. The van der Waals surface area contributed by atoms with E-state index in [9.17, 15) is 4.79 Å². The Bertz CT molecular complexity index is 868. The second-order valence-corrected chi connectivity index (χ2v) is 7.84. The molecule has 1 amide bonds. The molecule has 0 aliphatic carbocycles. The van der Waals surface area contributed by atoms with Crippen LogP contribution in [0.25, 0.3) is 10.2 Å². The van der Waals surface area contributed by atoms with Gasteiger partial charge in [0, 0.05) is 25.9 Å². The lowest BCUT2D eigenvalue weighted by atomic mass is 10.1. The van der Waals surface area contributed by atoms with Crippen LogP contribution in [0.1, 0.15) is 22.5 Å². The summed E-state index contributed by atoms with van der Waals surface area (Å²) in [5.74, 6) is 0.948. The average Bonchev–Trinajstić information content (AvgIpc) is 3.30. The van der Waals surface area contributed by atoms with Crippen molar-refractivity contribution < 1.29 is 14.3 Å². The highest BCUT2D eigenvalue weighted by molar-refractivity contribution is 7.20. The lowest BCUT2D eigenvalue weighted by molar-refractivity contribution is 0.0600. The molecule has 0 unspecified atom stereocenters. The average molecular weight is 374 g/mol. The van der Waals surface area contributed by atoms with Crippen LogP contribution >= 0.6 is 22.7 Å². The van der Waals surface area contributed by atoms with Gasteiger partial charge in [-0.05, 0) is 29.6 Å². The number of hydrogen-bond donors (Lipinski definition) is 0. The summed E-state index contributed by atoms with van der Waals surface area (Å²) in [6.45, 7) is 1.44. The van der Waals surface area contributed by atoms with E-state index in [4.69, 9.17) is 9.47 Å². The zero-order valence-corrected chi connectivity index (χ0v) is 15.4. The highest BCUT2D eigenvalue weighted by Crippen LogP contribution is 2.32. The lowest BCUT2D eigenvalue weighted by Gasteiger charge is -2.31. The Morgan fingerprint density at radius 2 is 2.12 bits per heavy atom. The van der Waals surface area contributed by atoms with Crippen molar-refractivity contribution in [2.75, 3.05) is 20.2 Å². The topological polar surface area (TPSA) is 51.7 Å². The van der Waals surface area contributed by atoms with Gasteiger partial charge in [0.25, 0.3) is 11.1 Å². The van der Waals surface area contributed by atoms with E-state index in [0.29, 0.717) is 5.19 Å². The predicted molar refractivity (Wildman–Crippen MR) is 100 cm³/mol. The van der Waals surface area contributed by atoms with Gasteiger partial charge in [-0.2, -0.15) is 0 Å². The molecule has 1 aliphatic rings. The van der Waals surface area contributed by atoms with E-state index >= 15 is 0 Å². The minimum Gasteiger partial charge on any atom is -0.497 e. The summed E-state index contributed by atoms with van der Waals surface area (Å²) in [6.07, 6.45) is 1.77. The number of likely N-dealkylation sites (tertiary alicyclic amines) is 1. The normalized spacial score (nSPS) is 15.5. The second kappa shape index (κ2) is 7.01. The monoisotopic (exact) mass is 374 g/mol. The molecule has 2 aromatic heterocycles.